The Kier molecular flexibility index (Phi) is 6.13. The first-order valence-corrected chi connectivity index (χ1v) is 10.7. The molecule has 162 valence electrons. The Morgan fingerprint density at radius 3 is 2.41 bits per heavy atom. The summed E-state index contributed by atoms with van der Waals surface area (Å²) in [4.78, 5) is 19.0. The molecular weight excluding hydrogens is 396 g/mol. The van der Waals surface area contributed by atoms with E-state index in [1.807, 2.05) is 36.4 Å². The number of ketones is 1. The van der Waals surface area contributed by atoms with Gasteiger partial charge < -0.3 is 14.6 Å². The summed E-state index contributed by atoms with van der Waals surface area (Å²) in [5, 5.41) is 0. The highest BCUT2D eigenvalue weighted by Gasteiger charge is 2.23. The van der Waals surface area contributed by atoms with Gasteiger partial charge in [-0.3, -0.25) is 4.79 Å². The van der Waals surface area contributed by atoms with Crippen LogP contribution in [0.4, 0.5) is 0 Å². The zero-order valence-electron chi connectivity index (χ0n) is 18.7. The lowest BCUT2D eigenvalue weighted by atomic mass is 9.93. The number of fused-ring (bicyclic) bond motifs is 1. The van der Waals surface area contributed by atoms with E-state index in [2.05, 4.69) is 47.3 Å². The zero-order valence-corrected chi connectivity index (χ0v) is 18.7. The number of methoxy groups -OCH3 is 1. The van der Waals surface area contributed by atoms with Crippen molar-refractivity contribution in [3.8, 4) is 0 Å². The summed E-state index contributed by atoms with van der Waals surface area (Å²) >= 11 is 0. The average Bonchev–Trinajstić information content (AvgIpc) is 3.34. The fraction of sp³-hybridized carbons (Fsp3) is 0.179. The lowest BCUT2D eigenvalue weighted by Gasteiger charge is -2.31. The molecule has 3 aromatic rings. The van der Waals surface area contributed by atoms with Gasteiger partial charge in [0.2, 0.25) is 0 Å². The van der Waals surface area contributed by atoms with Gasteiger partial charge in [0.05, 0.1) is 24.1 Å². The topological polar surface area (TPSA) is 45.3 Å². The molecule has 32 heavy (non-hydrogen) atoms. The van der Waals surface area contributed by atoms with Crippen LogP contribution < -0.4 is 0 Å². The minimum absolute atomic E-state index is 0.127. The number of nitrogens with one attached hydrogen (secondary N) is 1. The molecule has 0 atom stereocenters. The summed E-state index contributed by atoms with van der Waals surface area (Å²) in [5.41, 5.74) is 7.00. The third-order valence-electron chi connectivity index (χ3n) is 6.08. The van der Waals surface area contributed by atoms with Crippen LogP contribution in [-0.4, -0.2) is 29.3 Å². The molecule has 1 N–H and O–H groups in total. The number of H-pyrrole nitrogens is 1. The first kappa shape index (κ1) is 21.4. The number of nitrogens with zero attached hydrogens (tertiary/aromatic N) is 1. The SMILES string of the molecule is C=C(/C(C(=O)c1c[nH]c(C(=C)N2CCc3ccccc3C2)c1)=C(/C)OC)c1ccccc1. The van der Waals surface area contributed by atoms with Gasteiger partial charge in [-0.15, -0.1) is 0 Å². The van der Waals surface area contributed by atoms with Crippen molar-refractivity contribution in [3.63, 3.8) is 0 Å². The lowest BCUT2D eigenvalue weighted by molar-refractivity contribution is 0.103. The van der Waals surface area contributed by atoms with Crippen molar-refractivity contribution >= 4 is 17.1 Å². The van der Waals surface area contributed by atoms with E-state index in [0.717, 1.165) is 36.5 Å². The zero-order chi connectivity index (χ0) is 22.7. The molecule has 4 nitrogen and oxygen atoms in total. The molecule has 0 spiro atoms. The Morgan fingerprint density at radius 2 is 1.69 bits per heavy atom. The minimum Gasteiger partial charge on any atom is -0.501 e. The number of carbonyl (C=O) groups is 1. The number of allylic oxidation sites excluding steroid dienone is 3. The Balaban J connectivity index is 1.57. The Morgan fingerprint density at radius 1 is 1.00 bits per heavy atom. The van der Waals surface area contributed by atoms with Crippen LogP contribution >= 0.6 is 0 Å². The normalized spacial score (nSPS) is 13.8. The second kappa shape index (κ2) is 9.15. The molecule has 0 radical (unpaired) electrons. The molecule has 0 amide bonds. The van der Waals surface area contributed by atoms with Crippen LogP contribution in [0.1, 0.15) is 39.7 Å². The van der Waals surface area contributed by atoms with E-state index < -0.39 is 0 Å². The third kappa shape index (κ3) is 4.17. The van der Waals surface area contributed by atoms with Crippen LogP contribution in [0.25, 0.3) is 11.3 Å². The number of aromatic amines is 1. The van der Waals surface area contributed by atoms with Crippen LogP contribution in [0, 0.1) is 0 Å². The number of benzene rings is 2. The van der Waals surface area contributed by atoms with Crippen molar-refractivity contribution in [2.75, 3.05) is 13.7 Å². The summed E-state index contributed by atoms with van der Waals surface area (Å²) in [6.07, 6.45) is 2.72. The van der Waals surface area contributed by atoms with E-state index in [1.54, 1.807) is 20.2 Å². The van der Waals surface area contributed by atoms with Crippen LogP contribution in [0.15, 0.2) is 91.4 Å². The van der Waals surface area contributed by atoms with Crippen molar-refractivity contribution in [2.24, 2.45) is 0 Å². The van der Waals surface area contributed by atoms with Crippen LogP contribution in [-0.2, 0) is 17.7 Å². The predicted molar refractivity (Wildman–Crippen MR) is 130 cm³/mol. The number of hydrogen-bond donors (Lipinski definition) is 1. The van der Waals surface area contributed by atoms with Crippen LogP contribution in [0.3, 0.4) is 0 Å². The Labute approximate surface area is 189 Å². The second-order valence-corrected chi connectivity index (χ2v) is 8.00. The standard InChI is InChI=1S/C28H28N2O2/c1-19(22-10-6-5-7-11-22)27(21(3)32-4)28(31)25-16-26(29-17-25)20(2)30-15-14-23-12-8-9-13-24(23)18-30/h5-13,16-17,29H,1-2,14-15,18H2,3-4H3/b27-21+. The van der Waals surface area contributed by atoms with Gasteiger partial charge in [-0.2, -0.15) is 0 Å². The van der Waals surface area contributed by atoms with Crippen molar-refractivity contribution in [3.05, 3.63) is 119 Å². The largest absolute Gasteiger partial charge is 0.501 e. The maximum atomic E-state index is 13.5. The van der Waals surface area contributed by atoms with Gasteiger partial charge in [-0.1, -0.05) is 67.8 Å². The molecule has 1 aliphatic heterocycles. The van der Waals surface area contributed by atoms with Gasteiger partial charge in [0.1, 0.15) is 5.76 Å². The Bertz CT molecular complexity index is 1200. The predicted octanol–water partition coefficient (Wildman–Crippen LogP) is 5.86. The van der Waals surface area contributed by atoms with Gasteiger partial charge in [0.25, 0.3) is 0 Å². The fourth-order valence-corrected chi connectivity index (χ4v) is 4.13. The van der Waals surface area contributed by atoms with Gasteiger partial charge in [0.15, 0.2) is 5.78 Å². The molecule has 2 aromatic carbocycles. The molecular formula is C28H28N2O2. The highest BCUT2D eigenvalue weighted by molar-refractivity contribution is 6.18. The quantitative estimate of drug-likeness (QED) is 0.224. The first-order chi connectivity index (χ1) is 15.5. The summed E-state index contributed by atoms with van der Waals surface area (Å²) < 4.78 is 5.44. The second-order valence-electron chi connectivity index (χ2n) is 8.00. The van der Waals surface area contributed by atoms with Crippen LogP contribution in [0.2, 0.25) is 0 Å². The lowest BCUT2D eigenvalue weighted by Crippen LogP contribution is -2.28. The van der Waals surface area contributed by atoms with E-state index in [9.17, 15) is 4.79 Å². The number of rotatable bonds is 7. The monoisotopic (exact) mass is 424 g/mol. The van der Waals surface area contributed by atoms with Crippen molar-refractivity contribution in [1.82, 2.24) is 9.88 Å². The fourth-order valence-electron chi connectivity index (χ4n) is 4.13. The maximum absolute atomic E-state index is 13.5. The first-order valence-electron chi connectivity index (χ1n) is 10.7. The molecule has 1 aliphatic rings. The van der Waals surface area contributed by atoms with Gasteiger partial charge >= 0.3 is 0 Å². The van der Waals surface area contributed by atoms with Crippen molar-refractivity contribution < 1.29 is 9.53 Å². The number of Topliss-reactive ketones (excluding diaryl/α,β-unsaturated/α-hetero) is 1. The number of carbonyl (C=O) groups excluding carboxylic acids is 1. The average molecular weight is 425 g/mol. The van der Waals surface area contributed by atoms with Crippen molar-refractivity contribution in [1.29, 1.82) is 0 Å². The molecule has 1 aromatic heterocycles. The van der Waals surface area contributed by atoms with Gasteiger partial charge in [-0.25, -0.2) is 0 Å². The van der Waals surface area contributed by atoms with Crippen LogP contribution in [0.5, 0.6) is 0 Å². The van der Waals surface area contributed by atoms with E-state index in [1.165, 1.54) is 11.1 Å². The summed E-state index contributed by atoms with van der Waals surface area (Å²) in [6.45, 7) is 12.0. The van der Waals surface area contributed by atoms with Gasteiger partial charge in [-0.05, 0) is 41.7 Å². The molecule has 4 rings (SSSR count). The molecule has 0 fully saturated rings. The Hall–Kier alpha value is -3.79. The molecule has 0 aliphatic carbocycles. The maximum Gasteiger partial charge on any atom is 0.198 e. The molecule has 2 heterocycles. The summed E-state index contributed by atoms with van der Waals surface area (Å²) in [7, 11) is 1.57. The smallest absolute Gasteiger partial charge is 0.198 e. The van der Waals surface area contributed by atoms with E-state index >= 15 is 0 Å². The highest BCUT2D eigenvalue weighted by Crippen LogP contribution is 2.30. The van der Waals surface area contributed by atoms with Crippen molar-refractivity contribution in [2.45, 2.75) is 19.9 Å². The molecule has 4 heteroatoms. The molecule has 0 saturated heterocycles. The number of hydrogen-bond acceptors (Lipinski definition) is 3. The number of ether oxygens (including phenoxy) is 1. The van der Waals surface area contributed by atoms with E-state index in [-0.39, 0.29) is 5.78 Å². The molecule has 0 saturated carbocycles. The number of aromatic nitrogens is 1. The summed E-state index contributed by atoms with van der Waals surface area (Å²) in [5.74, 6) is 0.413. The van der Waals surface area contributed by atoms with Gasteiger partial charge in [0, 0.05) is 24.8 Å². The van der Waals surface area contributed by atoms with E-state index in [0.29, 0.717) is 22.5 Å². The molecule has 0 bridgehead atoms. The summed E-state index contributed by atoms with van der Waals surface area (Å²) in [6, 6.07) is 20.1. The minimum atomic E-state index is -0.127. The third-order valence-corrected chi connectivity index (χ3v) is 6.08. The van der Waals surface area contributed by atoms with E-state index in [4.69, 9.17) is 4.74 Å². The highest BCUT2D eigenvalue weighted by atomic mass is 16.5. The molecule has 0 unspecified atom stereocenters.